The Morgan fingerprint density at radius 1 is 1.47 bits per heavy atom. The van der Waals surface area contributed by atoms with E-state index in [2.05, 4.69) is 5.32 Å². The highest BCUT2D eigenvalue weighted by atomic mass is 16.7. The highest BCUT2D eigenvalue weighted by Crippen LogP contribution is 2.20. The maximum absolute atomic E-state index is 12.2. The maximum Gasteiger partial charge on any atom is 0.246 e. The third-order valence-corrected chi connectivity index (χ3v) is 3.24. The molecule has 0 bridgehead atoms. The van der Waals surface area contributed by atoms with Gasteiger partial charge in [-0.15, -0.1) is 0 Å². The minimum Gasteiger partial charge on any atom is -0.354 e. The van der Waals surface area contributed by atoms with E-state index in [1.165, 1.54) is 7.11 Å². The Bertz CT molecular complexity index is 331. The van der Waals surface area contributed by atoms with Gasteiger partial charge in [0.2, 0.25) is 11.8 Å². The summed E-state index contributed by atoms with van der Waals surface area (Å²) in [6.45, 7) is 4.34. The lowest BCUT2D eigenvalue weighted by Gasteiger charge is -2.44. The van der Waals surface area contributed by atoms with Gasteiger partial charge in [-0.1, -0.05) is 13.8 Å². The summed E-state index contributed by atoms with van der Waals surface area (Å²) in [6.07, 6.45) is -0.436. The van der Waals surface area contributed by atoms with Gasteiger partial charge in [-0.05, 0) is 5.92 Å². The Morgan fingerprint density at radius 3 is 2.76 bits per heavy atom. The van der Waals surface area contributed by atoms with Gasteiger partial charge in [0.1, 0.15) is 12.1 Å². The van der Waals surface area contributed by atoms with Crippen LogP contribution in [0.4, 0.5) is 0 Å². The molecule has 2 heterocycles. The molecule has 2 aliphatic heterocycles. The van der Waals surface area contributed by atoms with E-state index in [0.717, 1.165) is 0 Å². The van der Waals surface area contributed by atoms with Crippen molar-refractivity contribution in [3.63, 3.8) is 0 Å². The molecule has 0 spiro atoms. The molecular weight excluding hydrogens is 224 g/mol. The molecule has 0 radical (unpaired) electrons. The van der Waals surface area contributed by atoms with Gasteiger partial charge in [0.25, 0.3) is 0 Å². The number of ether oxygens (including phenoxy) is 2. The van der Waals surface area contributed by atoms with Crippen LogP contribution in [0.3, 0.4) is 0 Å². The van der Waals surface area contributed by atoms with E-state index in [1.807, 2.05) is 13.8 Å². The first-order valence-corrected chi connectivity index (χ1v) is 5.80. The van der Waals surface area contributed by atoms with Crippen LogP contribution in [0, 0.1) is 5.92 Å². The largest absolute Gasteiger partial charge is 0.354 e. The molecule has 0 aromatic carbocycles. The van der Waals surface area contributed by atoms with E-state index in [0.29, 0.717) is 6.54 Å². The van der Waals surface area contributed by atoms with Crippen molar-refractivity contribution in [2.24, 2.45) is 5.92 Å². The van der Waals surface area contributed by atoms with Gasteiger partial charge in [0, 0.05) is 7.11 Å². The Kier molecular flexibility index (Phi) is 3.35. The molecule has 6 nitrogen and oxygen atoms in total. The first-order valence-electron chi connectivity index (χ1n) is 5.80. The van der Waals surface area contributed by atoms with Crippen LogP contribution in [0.5, 0.6) is 0 Å². The van der Waals surface area contributed by atoms with E-state index in [9.17, 15) is 9.59 Å². The van der Waals surface area contributed by atoms with Crippen molar-refractivity contribution in [3.05, 3.63) is 0 Å². The van der Waals surface area contributed by atoms with Gasteiger partial charge in [-0.3, -0.25) is 9.59 Å². The van der Waals surface area contributed by atoms with E-state index in [1.54, 1.807) is 4.90 Å². The molecule has 0 saturated carbocycles. The highest BCUT2D eigenvalue weighted by Gasteiger charge is 2.45. The van der Waals surface area contributed by atoms with Gasteiger partial charge in [0.05, 0.1) is 13.2 Å². The predicted octanol–water partition coefficient (Wildman–Crippen LogP) is -0.659. The molecule has 1 N–H and O–H groups in total. The SMILES string of the molecule is COC1CN2C(=O)[C@H](C(C)C)NC(=O)[C@H]2CO1. The van der Waals surface area contributed by atoms with Crippen LogP contribution in [0.25, 0.3) is 0 Å². The molecule has 2 fully saturated rings. The van der Waals surface area contributed by atoms with Crippen LogP contribution < -0.4 is 5.32 Å². The molecule has 6 heteroatoms. The molecule has 96 valence electrons. The number of fused-ring (bicyclic) bond motifs is 1. The first-order chi connectivity index (χ1) is 8.04. The average Bonchev–Trinajstić information content (AvgIpc) is 2.32. The molecule has 1 unspecified atom stereocenters. The number of carbonyl (C=O) groups is 2. The molecule has 2 aliphatic rings. The summed E-state index contributed by atoms with van der Waals surface area (Å²) >= 11 is 0. The molecule has 0 aromatic rings. The maximum atomic E-state index is 12.2. The van der Waals surface area contributed by atoms with Crippen LogP contribution in [0.1, 0.15) is 13.8 Å². The topological polar surface area (TPSA) is 67.9 Å². The van der Waals surface area contributed by atoms with Crippen molar-refractivity contribution in [2.75, 3.05) is 20.3 Å². The Hall–Kier alpha value is -1.14. The smallest absolute Gasteiger partial charge is 0.246 e. The van der Waals surface area contributed by atoms with E-state index in [-0.39, 0.29) is 24.3 Å². The van der Waals surface area contributed by atoms with Gasteiger partial charge >= 0.3 is 0 Å². The van der Waals surface area contributed by atoms with Crippen LogP contribution in [0.2, 0.25) is 0 Å². The number of nitrogens with one attached hydrogen (secondary N) is 1. The molecule has 0 aliphatic carbocycles. The number of morpholine rings is 1. The Labute approximate surface area is 100 Å². The number of nitrogens with zero attached hydrogens (tertiary/aromatic N) is 1. The predicted molar refractivity (Wildman–Crippen MR) is 59.0 cm³/mol. The van der Waals surface area contributed by atoms with Crippen LogP contribution in [-0.2, 0) is 19.1 Å². The zero-order valence-electron chi connectivity index (χ0n) is 10.3. The summed E-state index contributed by atoms with van der Waals surface area (Å²) in [7, 11) is 1.53. The van der Waals surface area contributed by atoms with Crippen molar-refractivity contribution in [2.45, 2.75) is 32.2 Å². The summed E-state index contributed by atoms with van der Waals surface area (Å²) < 4.78 is 10.4. The molecule has 0 aromatic heterocycles. The fourth-order valence-electron chi connectivity index (χ4n) is 2.17. The number of amides is 2. The quantitative estimate of drug-likeness (QED) is 0.698. The molecule has 2 saturated heterocycles. The number of hydrogen-bond donors (Lipinski definition) is 1. The van der Waals surface area contributed by atoms with Crippen LogP contribution >= 0.6 is 0 Å². The monoisotopic (exact) mass is 242 g/mol. The lowest BCUT2D eigenvalue weighted by atomic mass is 9.97. The number of carbonyl (C=O) groups excluding carboxylic acids is 2. The van der Waals surface area contributed by atoms with Gasteiger partial charge in [-0.2, -0.15) is 0 Å². The zero-order chi connectivity index (χ0) is 12.6. The lowest BCUT2D eigenvalue weighted by Crippen LogP contribution is -2.69. The third-order valence-electron chi connectivity index (χ3n) is 3.24. The van der Waals surface area contributed by atoms with Crippen molar-refractivity contribution in [1.29, 1.82) is 0 Å². The second-order valence-electron chi connectivity index (χ2n) is 4.74. The average molecular weight is 242 g/mol. The minimum absolute atomic E-state index is 0.0463. The molecule has 2 rings (SSSR count). The summed E-state index contributed by atoms with van der Waals surface area (Å²) in [5, 5.41) is 2.75. The Morgan fingerprint density at radius 2 is 2.18 bits per heavy atom. The van der Waals surface area contributed by atoms with E-state index in [4.69, 9.17) is 9.47 Å². The summed E-state index contributed by atoms with van der Waals surface area (Å²) in [5.41, 5.74) is 0. The summed E-state index contributed by atoms with van der Waals surface area (Å²) in [5.74, 6) is -0.107. The summed E-state index contributed by atoms with van der Waals surface area (Å²) in [6, 6.07) is -0.946. The van der Waals surface area contributed by atoms with E-state index < -0.39 is 18.4 Å². The number of hydrogen-bond acceptors (Lipinski definition) is 4. The first kappa shape index (κ1) is 12.3. The number of methoxy groups -OCH3 is 1. The van der Waals surface area contributed by atoms with Gasteiger partial charge in [-0.25, -0.2) is 0 Å². The summed E-state index contributed by atoms with van der Waals surface area (Å²) in [4.78, 5) is 25.6. The van der Waals surface area contributed by atoms with Crippen molar-refractivity contribution >= 4 is 11.8 Å². The second kappa shape index (κ2) is 4.62. The Balaban J connectivity index is 2.17. The number of piperazine rings is 1. The standard InChI is InChI=1S/C11H18N2O4/c1-6(2)9-11(15)13-4-8(16-3)17-5-7(13)10(14)12-9/h6-9H,4-5H2,1-3H3,(H,12,14)/t7-,8?,9+/m1/s1. The van der Waals surface area contributed by atoms with Crippen molar-refractivity contribution < 1.29 is 19.1 Å². The fraction of sp³-hybridized carbons (Fsp3) is 0.818. The van der Waals surface area contributed by atoms with Crippen molar-refractivity contribution in [3.8, 4) is 0 Å². The zero-order valence-corrected chi connectivity index (χ0v) is 10.3. The molecule has 3 atom stereocenters. The highest BCUT2D eigenvalue weighted by molar-refractivity contribution is 5.97. The van der Waals surface area contributed by atoms with Gasteiger partial charge < -0.3 is 19.7 Å². The molecular formula is C11H18N2O4. The van der Waals surface area contributed by atoms with E-state index >= 15 is 0 Å². The fourth-order valence-corrected chi connectivity index (χ4v) is 2.17. The number of rotatable bonds is 2. The van der Waals surface area contributed by atoms with Crippen LogP contribution in [-0.4, -0.2) is 55.3 Å². The lowest BCUT2D eigenvalue weighted by molar-refractivity contribution is -0.197. The van der Waals surface area contributed by atoms with Gasteiger partial charge in [0.15, 0.2) is 6.29 Å². The third kappa shape index (κ3) is 2.14. The molecule has 2 amide bonds. The van der Waals surface area contributed by atoms with Crippen molar-refractivity contribution in [1.82, 2.24) is 10.2 Å². The second-order valence-corrected chi connectivity index (χ2v) is 4.74. The molecule has 17 heavy (non-hydrogen) atoms. The van der Waals surface area contributed by atoms with Crippen LogP contribution in [0.15, 0.2) is 0 Å². The normalized spacial score (nSPS) is 33.6. The minimum atomic E-state index is -0.510.